The molecule has 4 rings (SSSR count). The molecule has 2 aliphatic rings. The predicted octanol–water partition coefficient (Wildman–Crippen LogP) is 6.20. The first-order valence-corrected chi connectivity index (χ1v) is 12.2. The lowest BCUT2D eigenvalue weighted by atomic mass is 9.83. The van der Waals surface area contributed by atoms with Gasteiger partial charge in [-0.15, -0.1) is 0 Å². The normalized spacial score (nSPS) is 19.8. The summed E-state index contributed by atoms with van der Waals surface area (Å²) < 4.78 is 6.02. The van der Waals surface area contributed by atoms with Gasteiger partial charge in [-0.2, -0.15) is 0 Å². The number of aryl methyl sites for hydroxylation is 1. The Morgan fingerprint density at radius 2 is 1.75 bits per heavy atom. The maximum atomic E-state index is 12.7. The van der Waals surface area contributed by atoms with Crippen LogP contribution in [-0.2, 0) is 14.3 Å². The molecule has 0 aliphatic carbocycles. The first kappa shape index (κ1) is 22.8. The van der Waals surface area contributed by atoms with Gasteiger partial charge in [-0.1, -0.05) is 77.7 Å². The molecule has 0 unspecified atom stereocenters. The van der Waals surface area contributed by atoms with Gasteiger partial charge in [0.2, 0.25) is 5.91 Å². The van der Waals surface area contributed by atoms with E-state index in [1.165, 1.54) is 30.6 Å². The number of amides is 1. The van der Waals surface area contributed by atoms with Crippen molar-refractivity contribution in [2.45, 2.75) is 33.2 Å². The zero-order valence-corrected chi connectivity index (χ0v) is 21.0. The molecular formula is C25H23NO3S3. The third-order valence-corrected chi connectivity index (χ3v) is 8.86. The van der Waals surface area contributed by atoms with Crippen LogP contribution >= 0.6 is 35.7 Å². The van der Waals surface area contributed by atoms with E-state index < -0.39 is 5.54 Å². The molecule has 0 saturated heterocycles. The van der Waals surface area contributed by atoms with Gasteiger partial charge in [0.25, 0.3) is 0 Å². The van der Waals surface area contributed by atoms with E-state index in [-0.39, 0.29) is 11.9 Å². The minimum Gasteiger partial charge on any atom is -0.465 e. The fraction of sp³-hybridized carbons (Fsp3) is 0.240. The second-order valence-corrected chi connectivity index (χ2v) is 10.9. The lowest BCUT2D eigenvalue weighted by Gasteiger charge is -2.45. The summed E-state index contributed by atoms with van der Waals surface area (Å²) in [6, 6.07) is 15.9. The van der Waals surface area contributed by atoms with Gasteiger partial charge in [0, 0.05) is 23.0 Å². The number of hydrogen-bond acceptors (Lipinski definition) is 6. The Kier molecular flexibility index (Phi) is 6.09. The minimum atomic E-state index is -0.687. The summed E-state index contributed by atoms with van der Waals surface area (Å²) in [5, 5.41) is 0. The summed E-state index contributed by atoms with van der Waals surface area (Å²) in [6.45, 7) is 7.52. The van der Waals surface area contributed by atoms with Crippen LogP contribution < -0.4 is 4.90 Å². The number of thiocarbonyl (C=S) groups is 1. The summed E-state index contributed by atoms with van der Waals surface area (Å²) in [4.78, 5) is 29.1. The van der Waals surface area contributed by atoms with Crippen molar-refractivity contribution in [2.75, 3.05) is 12.0 Å². The van der Waals surface area contributed by atoms with Crippen molar-refractivity contribution in [1.82, 2.24) is 0 Å². The molecule has 0 aromatic heterocycles. The number of nitrogens with zero attached hydrogens (tertiary/aromatic N) is 1. The number of benzene rings is 2. The summed E-state index contributed by atoms with van der Waals surface area (Å²) >= 11 is 8.92. The highest BCUT2D eigenvalue weighted by Gasteiger charge is 2.44. The number of thioether (sulfide) groups is 2. The molecule has 7 heteroatoms. The standard InChI is InChI=1S/C25H23NO3S3/c1-14-11-12-18-17(13-14)19(22(30)25(3,4)26(18)15(2)27)24-31-20(16-9-7-6-8-10-16)21(32-24)23(28)29-5/h6-13H,1-5H3/b24-19-. The molecule has 4 nitrogen and oxygen atoms in total. The zero-order chi connectivity index (χ0) is 23.2. The molecule has 32 heavy (non-hydrogen) atoms. The lowest BCUT2D eigenvalue weighted by Crippen LogP contribution is -2.55. The lowest BCUT2D eigenvalue weighted by molar-refractivity contribution is -0.135. The molecule has 0 radical (unpaired) electrons. The van der Waals surface area contributed by atoms with Gasteiger partial charge in [0.1, 0.15) is 4.91 Å². The number of methoxy groups -OCH3 is 1. The second-order valence-electron chi connectivity index (χ2n) is 8.15. The Labute approximate surface area is 202 Å². The third-order valence-electron chi connectivity index (χ3n) is 5.53. The van der Waals surface area contributed by atoms with Crippen molar-refractivity contribution in [3.8, 4) is 0 Å². The smallest absolute Gasteiger partial charge is 0.345 e. The Morgan fingerprint density at radius 1 is 1.06 bits per heavy atom. The topological polar surface area (TPSA) is 46.6 Å². The molecular weight excluding hydrogens is 458 g/mol. The van der Waals surface area contributed by atoms with E-state index in [0.717, 1.165) is 37.1 Å². The molecule has 0 saturated carbocycles. The number of ether oxygens (including phenoxy) is 1. The number of carbonyl (C=O) groups excluding carboxylic acids is 2. The summed E-state index contributed by atoms with van der Waals surface area (Å²) in [6.07, 6.45) is 0. The third kappa shape index (κ3) is 3.72. The van der Waals surface area contributed by atoms with Crippen molar-refractivity contribution in [2.24, 2.45) is 0 Å². The van der Waals surface area contributed by atoms with Crippen LogP contribution in [0.15, 0.2) is 57.7 Å². The molecule has 1 amide bonds. The monoisotopic (exact) mass is 481 g/mol. The molecule has 164 valence electrons. The fourth-order valence-electron chi connectivity index (χ4n) is 4.05. The van der Waals surface area contributed by atoms with Gasteiger partial charge in [-0.05, 0) is 38.5 Å². The van der Waals surface area contributed by atoms with Gasteiger partial charge >= 0.3 is 5.97 Å². The van der Waals surface area contributed by atoms with Crippen LogP contribution in [-0.4, -0.2) is 29.4 Å². The van der Waals surface area contributed by atoms with E-state index in [9.17, 15) is 9.59 Å². The van der Waals surface area contributed by atoms with Crippen LogP contribution in [0.25, 0.3) is 10.5 Å². The van der Waals surface area contributed by atoms with Gasteiger partial charge in [-0.3, -0.25) is 4.79 Å². The van der Waals surface area contributed by atoms with E-state index in [2.05, 4.69) is 6.07 Å². The van der Waals surface area contributed by atoms with E-state index in [4.69, 9.17) is 17.0 Å². The summed E-state index contributed by atoms with van der Waals surface area (Å²) in [5.41, 5.74) is 4.00. The Morgan fingerprint density at radius 3 is 2.38 bits per heavy atom. The van der Waals surface area contributed by atoms with Gasteiger partial charge in [0.15, 0.2) is 0 Å². The first-order chi connectivity index (χ1) is 15.2. The molecule has 2 aromatic rings. The van der Waals surface area contributed by atoms with Gasteiger partial charge in [-0.25, -0.2) is 4.79 Å². The summed E-state index contributed by atoms with van der Waals surface area (Å²) in [5.74, 6) is -0.427. The summed E-state index contributed by atoms with van der Waals surface area (Å²) in [7, 11) is 1.39. The van der Waals surface area contributed by atoms with Crippen molar-refractivity contribution < 1.29 is 14.3 Å². The molecule has 0 spiro atoms. The van der Waals surface area contributed by atoms with E-state index in [1.807, 2.05) is 63.2 Å². The highest BCUT2D eigenvalue weighted by atomic mass is 32.2. The Bertz CT molecular complexity index is 1210. The van der Waals surface area contributed by atoms with E-state index in [0.29, 0.717) is 9.77 Å². The van der Waals surface area contributed by atoms with Crippen LogP contribution in [0.5, 0.6) is 0 Å². The van der Waals surface area contributed by atoms with Gasteiger partial charge < -0.3 is 9.64 Å². The van der Waals surface area contributed by atoms with E-state index in [1.54, 1.807) is 11.8 Å². The van der Waals surface area contributed by atoms with Crippen molar-refractivity contribution >= 4 is 68.6 Å². The number of carbonyl (C=O) groups is 2. The SMILES string of the molecule is COC(=O)C1=C(c2ccccc2)S/C(=C2/C(=S)C(C)(C)N(C(C)=O)c3ccc(C)cc32)S1. The maximum absolute atomic E-state index is 12.7. The molecule has 0 N–H and O–H groups in total. The van der Waals surface area contributed by atoms with Crippen molar-refractivity contribution in [3.05, 3.63) is 74.4 Å². The number of rotatable bonds is 2. The quantitative estimate of drug-likeness (QED) is 0.289. The zero-order valence-electron chi connectivity index (χ0n) is 18.5. The van der Waals surface area contributed by atoms with Crippen LogP contribution in [0.2, 0.25) is 0 Å². The molecule has 2 aromatic carbocycles. The number of fused-ring (bicyclic) bond motifs is 1. The number of hydrogen-bond donors (Lipinski definition) is 0. The average Bonchev–Trinajstić information content (AvgIpc) is 3.19. The minimum absolute atomic E-state index is 0.0587. The Balaban J connectivity index is 1.94. The molecule has 2 aliphatic heterocycles. The van der Waals surface area contributed by atoms with Gasteiger partial charge in [0.05, 0.1) is 27.4 Å². The van der Waals surface area contributed by atoms with Crippen LogP contribution in [0.3, 0.4) is 0 Å². The van der Waals surface area contributed by atoms with Crippen LogP contribution in [0.4, 0.5) is 5.69 Å². The average molecular weight is 482 g/mol. The molecule has 0 atom stereocenters. The largest absolute Gasteiger partial charge is 0.465 e. The van der Waals surface area contributed by atoms with Crippen molar-refractivity contribution in [1.29, 1.82) is 0 Å². The highest BCUT2D eigenvalue weighted by molar-refractivity contribution is 8.32. The first-order valence-electron chi connectivity index (χ1n) is 10.1. The van der Waals surface area contributed by atoms with Crippen LogP contribution in [0, 0.1) is 6.92 Å². The number of esters is 1. The Hall–Kier alpha value is -2.35. The van der Waals surface area contributed by atoms with Crippen molar-refractivity contribution in [3.63, 3.8) is 0 Å². The maximum Gasteiger partial charge on any atom is 0.345 e. The second kappa shape index (κ2) is 8.54. The highest BCUT2D eigenvalue weighted by Crippen LogP contribution is 2.58. The molecule has 2 heterocycles. The number of anilines is 1. The molecule has 0 fully saturated rings. The van der Waals surface area contributed by atoms with Crippen LogP contribution in [0.1, 0.15) is 37.5 Å². The molecule has 0 bridgehead atoms. The fourth-order valence-corrected chi connectivity index (χ4v) is 7.20. The predicted molar refractivity (Wildman–Crippen MR) is 138 cm³/mol. The van der Waals surface area contributed by atoms with E-state index >= 15 is 0 Å².